The van der Waals surface area contributed by atoms with Crippen molar-refractivity contribution < 1.29 is 22.9 Å². The van der Waals surface area contributed by atoms with Gasteiger partial charge in [-0.3, -0.25) is 0 Å². The fourth-order valence-corrected chi connectivity index (χ4v) is 4.55. The molecule has 3 aromatic rings. The molecule has 1 N–H and O–H groups in total. The van der Waals surface area contributed by atoms with Gasteiger partial charge in [-0.25, -0.2) is 23.2 Å². The molecule has 1 fully saturated rings. The van der Waals surface area contributed by atoms with Crippen molar-refractivity contribution in [1.82, 2.24) is 14.3 Å². The van der Waals surface area contributed by atoms with Crippen molar-refractivity contribution in [1.29, 1.82) is 4.78 Å². The van der Waals surface area contributed by atoms with Gasteiger partial charge in [0, 0.05) is 35.9 Å². The minimum absolute atomic E-state index is 0.129. The summed E-state index contributed by atoms with van der Waals surface area (Å²) in [6.45, 7) is 3.13. The van der Waals surface area contributed by atoms with Gasteiger partial charge in [0.05, 0.1) is 47.5 Å². The van der Waals surface area contributed by atoms with Gasteiger partial charge < -0.3 is 18.8 Å². The molecule has 2 atom stereocenters. The maximum Gasteiger partial charge on any atom is 0.409 e. The number of amides is 1. The first-order valence-electron chi connectivity index (χ1n) is 10.1. The molecule has 0 radical (unpaired) electrons. The highest BCUT2D eigenvalue weighted by molar-refractivity contribution is 7.91. The smallest absolute Gasteiger partial charge is 0.409 e. The second kappa shape index (κ2) is 8.51. The lowest BCUT2D eigenvalue weighted by molar-refractivity contribution is -0.0241. The Morgan fingerprint density at radius 3 is 2.84 bits per heavy atom. The molecule has 1 saturated heterocycles. The highest BCUT2D eigenvalue weighted by Crippen LogP contribution is 2.30. The molecule has 170 valence electrons. The summed E-state index contributed by atoms with van der Waals surface area (Å²) in [5, 5.41) is 0. The number of nitrogens with zero attached hydrogens (tertiary/aromatic N) is 3. The van der Waals surface area contributed by atoms with E-state index in [4.69, 9.17) is 14.3 Å². The van der Waals surface area contributed by atoms with E-state index in [0.29, 0.717) is 37.5 Å². The molecule has 32 heavy (non-hydrogen) atoms. The van der Waals surface area contributed by atoms with E-state index in [1.165, 1.54) is 25.5 Å². The molecule has 2 aromatic heterocycles. The lowest BCUT2D eigenvalue weighted by Gasteiger charge is -2.32. The Morgan fingerprint density at radius 1 is 1.38 bits per heavy atom. The number of carbonyl (C=O) groups is 1. The first-order valence-corrected chi connectivity index (χ1v) is 12.1. The van der Waals surface area contributed by atoms with Gasteiger partial charge in [0.2, 0.25) is 0 Å². The van der Waals surface area contributed by atoms with E-state index in [1.807, 2.05) is 29.7 Å². The lowest BCUT2D eigenvalue weighted by atomic mass is 10.0. The molecule has 10 heteroatoms. The zero-order valence-electron chi connectivity index (χ0n) is 18.1. The Bertz CT molecular complexity index is 1290. The van der Waals surface area contributed by atoms with Crippen LogP contribution in [0.5, 0.6) is 0 Å². The van der Waals surface area contributed by atoms with Crippen LogP contribution in [-0.4, -0.2) is 63.8 Å². The number of hydrogen-bond donors (Lipinski definition) is 1. The van der Waals surface area contributed by atoms with Gasteiger partial charge in [0.25, 0.3) is 0 Å². The van der Waals surface area contributed by atoms with E-state index < -0.39 is 21.6 Å². The highest BCUT2D eigenvalue weighted by atomic mass is 32.2. The highest BCUT2D eigenvalue weighted by Gasteiger charge is 2.28. The van der Waals surface area contributed by atoms with Crippen molar-refractivity contribution >= 4 is 21.5 Å². The van der Waals surface area contributed by atoms with Crippen LogP contribution in [0.4, 0.5) is 9.18 Å². The largest absolute Gasteiger partial charge is 0.453 e. The number of pyridine rings is 1. The summed E-state index contributed by atoms with van der Waals surface area (Å²) in [5.41, 5.74) is 3.13. The molecule has 1 unspecified atom stereocenters. The summed E-state index contributed by atoms with van der Waals surface area (Å²) in [6.07, 6.45) is 2.82. The van der Waals surface area contributed by atoms with Crippen LogP contribution in [0.2, 0.25) is 0 Å². The van der Waals surface area contributed by atoms with Crippen LogP contribution in [0.25, 0.3) is 16.9 Å². The van der Waals surface area contributed by atoms with Gasteiger partial charge in [0.1, 0.15) is 11.5 Å². The number of ether oxygens (including phenoxy) is 2. The van der Waals surface area contributed by atoms with E-state index in [1.54, 1.807) is 4.90 Å². The molecule has 3 heterocycles. The third-order valence-electron chi connectivity index (χ3n) is 5.52. The molecule has 0 spiro atoms. The van der Waals surface area contributed by atoms with E-state index in [2.05, 4.69) is 4.98 Å². The second-order valence-electron chi connectivity index (χ2n) is 7.94. The Balaban J connectivity index is 1.77. The van der Waals surface area contributed by atoms with Crippen LogP contribution < -0.4 is 0 Å². The standard InChI is InChI=1S/C22H25FN4O4S/c1-14-6-7-27-19(11-15-13-26(8-9-31-15)22(28)30-2)21(25-20(27)10-14)17-5-4-16(12-18(17)23)32(3,24)29/h4-7,10,12,15,24H,8-9,11,13H2,1-3H3/t15-,32?/m0/s1. The Hall–Kier alpha value is -2.98. The van der Waals surface area contributed by atoms with Gasteiger partial charge in [0.15, 0.2) is 0 Å². The number of aryl methyl sites for hydroxylation is 1. The minimum atomic E-state index is -3.04. The maximum atomic E-state index is 15.1. The first-order chi connectivity index (χ1) is 15.2. The number of halogens is 1. The van der Waals surface area contributed by atoms with Gasteiger partial charge >= 0.3 is 6.09 Å². The van der Waals surface area contributed by atoms with Crippen LogP contribution in [0, 0.1) is 17.5 Å². The van der Waals surface area contributed by atoms with Crippen molar-refractivity contribution in [2.75, 3.05) is 33.1 Å². The Labute approximate surface area is 185 Å². The van der Waals surface area contributed by atoms with Crippen LogP contribution in [0.15, 0.2) is 41.4 Å². The van der Waals surface area contributed by atoms with Crippen molar-refractivity contribution in [2.24, 2.45) is 0 Å². The monoisotopic (exact) mass is 460 g/mol. The van der Waals surface area contributed by atoms with Crippen molar-refractivity contribution in [3.63, 3.8) is 0 Å². The van der Waals surface area contributed by atoms with Crippen LogP contribution in [-0.2, 0) is 25.6 Å². The van der Waals surface area contributed by atoms with E-state index in [0.717, 1.165) is 17.3 Å². The van der Waals surface area contributed by atoms with Gasteiger partial charge in [-0.2, -0.15) is 0 Å². The van der Waals surface area contributed by atoms with Crippen LogP contribution >= 0.6 is 0 Å². The second-order valence-corrected chi connectivity index (χ2v) is 10.1. The molecule has 1 aliphatic heterocycles. The van der Waals surface area contributed by atoms with E-state index >= 15 is 4.39 Å². The summed E-state index contributed by atoms with van der Waals surface area (Å²) >= 11 is 0. The molecular formula is C22H25FN4O4S. The number of fused-ring (bicyclic) bond motifs is 1. The number of hydrogen-bond acceptors (Lipinski definition) is 6. The average Bonchev–Trinajstić information content (AvgIpc) is 3.09. The summed E-state index contributed by atoms with van der Waals surface area (Å²) in [4.78, 5) is 18.3. The Kier molecular flexibility index (Phi) is 5.91. The van der Waals surface area contributed by atoms with Crippen molar-refractivity contribution in [3.8, 4) is 11.3 Å². The predicted molar refractivity (Wildman–Crippen MR) is 118 cm³/mol. The third kappa shape index (κ3) is 4.33. The molecular weight excluding hydrogens is 435 g/mol. The van der Waals surface area contributed by atoms with Crippen molar-refractivity contribution in [2.45, 2.75) is 24.3 Å². The zero-order chi connectivity index (χ0) is 23.0. The average molecular weight is 461 g/mol. The number of nitrogens with one attached hydrogen (secondary N) is 1. The predicted octanol–water partition coefficient (Wildman–Crippen LogP) is 3.49. The Morgan fingerprint density at radius 2 is 2.16 bits per heavy atom. The molecule has 0 bridgehead atoms. The number of carbonyl (C=O) groups excluding carboxylic acids is 1. The van der Waals surface area contributed by atoms with Gasteiger partial charge in [-0.1, -0.05) is 0 Å². The van der Waals surface area contributed by atoms with Gasteiger partial charge in [-0.05, 0) is 42.8 Å². The quantitative estimate of drug-likeness (QED) is 0.643. The SMILES string of the molecule is COC(=O)N1CCO[C@@H](Cc2c(-c3ccc(S(C)(=N)=O)cc3F)nc3cc(C)ccn23)C1. The fourth-order valence-electron chi connectivity index (χ4n) is 3.89. The molecule has 0 saturated carbocycles. The molecule has 0 aliphatic carbocycles. The maximum absolute atomic E-state index is 15.1. The third-order valence-corrected chi connectivity index (χ3v) is 6.67. The first kappa shape index (κ1) is 22.2. The van der Waals surface area contributed by atoms with Gasteiger partial charge in [-0.15, -0.1) is 0 Å². The zero-order valence-corrected chi connectivity index (χ0v) is 18.9. The summed E-state index contributed by atoms with van der Waals surface area (Å²) < 4.78 is 47.4. The number of methoxy groups -OCH3 is 1. The van der Waals surface area contributed by atoms with Crippen LogP contribution in [0.1, 0.15) is 11.3 Å². The normalized spacial score (nSPS) is 18.5. The van der Waals surface area contributed by atoms with E-state index in [-0.39, 0.29) is 16.6 Å². The fraction of sp³-hybridized carbons (Fsp3) is 0.364. The minimum Gasteiger partial charge on any atom is -0.453 e. The lowest BCUT2D eigenvalue weighted by Crippen LogP contribution is -2.46. The van der Waals surface area contributed by atoms with Crippen molar-refractivity contribution in [3.05, 3.63) is 53.6 Å². The molecule has 1 aromatic carbocycles. The molecule has 1 aliphatic rings. The number of imidazole rings is 1. The number of aromatic nitrogens is 2. The van der Waals surface area contributed by atoms with Crippen LogP contribution in [0.3, 0.4) is 0 Å². The summed E-state index contributed by atoms with van der Waals surface area (Å²) in [6, 6.07) is 8.01. The van der Waals surface area contributed by atoms with E-state index in [9.17, 15) is 9.00 Å². The molecule has 8 nitrogen and oxygen atoms in total. The topological polar surface area (TPSA) is 97.0 Å². The summed E-state index contributed by atoms with van der Waals surface area (Å²) in [5.74, 6) is -0.591. The summed E-state index contributed by atoms with van der Waals surface area (Å²) in [7, 11) is -1.70. The number of benzene rings is 1. The molecule has 4 rings (SSSR count). The number of morpholine rings is 1. The molecule has 1 amide bonds. The number of rotatable bonds is 4.